The Morgan fingerprint density at radius 1 is 1.21 bits per heavy atom. The molecule has 3 aromatic rings. The molecule has 0 spiro atoms. The molecule has 0 unspecified atom stereocenters. The SMILES string of the molecule is Cc1ccc(C(C)C)c(O[C@H](C)C(=O)NCc2nc(-c3ccccc3Cl)no2)c1. The molecule has 29 heavy (non-hydrogen) atoms. The molecule has 0 radical (unpaired) electrons. The number of nitrogens with one attached hydrogen (secondary N) is 1. The standard InChI is InChI=1S/C22H24ClN3O3/c1-13(2)16-10-9-14(3)11-19(16)28-15(4)22(27)24-12-20-25-21(26-29-20)17-7-5-6-8-18(17)23/h5-11,13,15H,12H2,1-4H3,(H,24,27)/t15-/m1/s1. The molecule has 0 aliphatic carbocycles. The number of hydrogen-bond donors (Lipinski definition) is 1. The number of carbonyl (C=O) groups excluding carboxylic acids is 1. The zero-order valence-electron chi connectivity index (χ0n) is 16.9. The third kappa shape index (κ3) is 5.15. The van der Waals surface area contributed by atoms with E-state index in [1.165, 1.54) is 0 Å². The summed E-state index contributed by atoms with van der Waals surface area (Å²) in [5.41, 5.74) is 2.82. The maximum atomic E-state index is 12.5. The summed E-state index contributed by atoms with van der Waals surface area (Å²) < 4.78 is 11.1. The molecule has 3 rings (SSSR count). The molecular weight excluding hydrogens is 390 g/mol. The summed E-state index contributed by atoms with van der Waals surface area (Å²) in [7, 11) is 0. The van der Waals surface area contributed by atoms with Gasteiger partial charge >= 0.3 is 0 Å². The fraction of sp³-hybridized carbons (Fsp3) is 0.318. The Balaban J connectivity index is 1.62. The van der Waals surface area contributed by atoms with Crippen molar-refractivity contribution in [1.82, 2.24) is 15.5 Å². The number of hydrogen-bond acceptors (Lipinski definition) is 5. The van der Waals surface area contributed by atoms with Gasteiger partial charge in [-0.3, -0.25) is 4.79 Å². The summed E-state index contributed by atoms with van der Waals surface area (Å²) in [6, 6.07) is 13.3. The maximum Gasteiger partial charge on any atom is 0.261 e. The lowest BCUT2D eigenvalue weighted by Gasteiger charge is -2.19. The molecule has 0 aliphatic heterocycles. The quantitative estimate of drug-likeness (QED) is 0.595. The van der Waals surface area contributed by atoms with Gasteiger partial charge in [0.2, 0.25) is 11.7 Å². The number of nitrogens with zero attached hydrogens (tertiary/aromatic N) is 2. The number of aromatic nitrogens is 2. The van der Waals surface area contributed by atoms with Crippen LogP contribution in [0.2, 0.25) is 5.02 Å². The van der Waals surface area contributed by atoms with Gasteiger partial charge in [-0.2, -0.15) is 4.98 Å². The average Bonchev–Trinajstić information content (AvgIpc) is 3.15. The van der Waals surface area contributed by atoms with E-state index in [1.807, 2.05) is 37.3 Å². The highest BCUT2D eigenvalue weighted by Crippen LogP contribution is 2.28. The van der Waals surface area contributed by atoms with Gasteiger partial charge in [-0.25, -0.2) is 0 Å². The predicted molar refractivity (Wildman–Crippen MR) is 112 cm³/mol. The smallest absolute Gasteiger partial charge is 0.261 e. The molecule has 0 fully saturated rings. The second-order valence-corrected chi connectivity index (χ2v) is 7.57. The molecule has 1 atom stereocenters. The second kappa shape index (κ2) is 9.09. The van der Waals surface area contributed by atoms with Crippen LogP contribution in [0.3, 0.4) is 0 Å². The van der Waals surface area contributed by atoms with Gasteiger partial charge in [0.25, 0.3) is 5.91 Å². The van der Waals surface area contributed by atoms with Crippen LogP contribution in [-0.2, 0) is 11.3 Å². The number of aryl methyl sites for hydroxylation is 1. The van der Waals surface area contributed by atoms with Gasteiger partial charge in [0, 0.05) is 5.56 Å². The van der Waals surface area contributed by atoms with Crippen molar-refractivity contribution in [3.8, 4) is 17.1 Å². The first-order valence-corrected chi connectivity index (χ1v) is 9.85. The van der Waals surface area contributed by atoms with Crippen LogP contribution in [0.15, 0.2) is 47.0 Å². The van der Waals surface area contributed by atoms with Gasteiger partial charge in [-0.15, -0.1) is 0 Å². The van der Waals surface area contributed by atoms with Crippen molar-refractivity contribution in [3.63, 3.8) is 0 Å². The van der Waals surface area contributed by atoms with Crippen molar-refractivity contribution in [3.05, 3.63) is 64.5 Å². The minimum absolute atomic E-state index is 0.106. The van der Waals surface area contributed by atoms with Gasteiger partial charge in [0.15, 0.2) is 6.10 Å². The lowest BCUT2D eigenvalue weighted by molar-refractivity contribution is -0.127. The number of amides is 1. The molecule has 1 aromatic heterocycles. The molecule has 152 valence electrons. The summed E-state index contributed by atoms with van der Waals surface area (Å²) >= 11 is 6.15. The van der Waals surface area contributed by atoms with Gasteiger partial charge in [0.1, 0.15) is 5.75 Å². The number of halogens is 1. The van der Waals surface area contributed by atoms with E-state index in [9.17, 15) is 4.79 Å². The topological polar surface area (TPSA) is 77.2 Å². The minimum Gasteiger partial charge on any atom is -0.481 e. The lowest BCUT2D eigenvalue weighted by Crippen LogP contribution is -2.36. The van der Waals surface area contributed by atoms with Crippen molar-refractivity contribution < 1.29 is 14.1 Å². The lowest BCUT2D eigenvalue weighted by atomic mass is 10.0. The molecule has 0 bridgehead atoms. The Kier molecular flexibility index (Phi) is 6.54. The molecular formula is C22H24ClN3O3. The number of rotatable bonds is 7. The Bertz CT molecular complexity index is 1000. The van der Waals surface area contributed by atoms with Gasteiger partial charge < -0.3 is 14.6 Å². The Hall–Kier alpha value is -2.86. The molecule has 2 aromatic carbocycles. The highest BCUT2D eigenvalue weighted by Gasteiger charge is 2.19. The molecule has 1 amide bonds. The minimum atomic E-state index is -0.666. The largest absolute Gasteiger partial charge is 0.481 e. The molecule has 1 heterocycles. The van der Waals surface area contributed by atoms with E-state index < -0.39 is 6.10 Å². The van der Waals surface area contributed by atoms with E-state index in [1.54, 1.807) is 19.1 Å². The van der Waals surface area contributed by atoms with E-state index in [0.29, 0.717) is 28.2 Å². The van der Waals surface area contributed by atoms with Crippen molar-refractivity contribution in [1.29, 1.82) is 0 Å². The van der Waals surface area contributed by atoms with Crippen LogP contribution in [0.1, 0.15) is 43.7 Å². The summed E-state index contributed by atoms with van der Waals surface area (Å²) in [4.78, 5) is 16.8. The normalized spacial score (nSPS) is 12.1. The van der Waals surface area contributed by atoms with Gasteiger partial charge in [0.05, 0.1) is 11.6 Å². The predicted octanol–water partition coefficient (Wildman–Crippen LogP) is 4.91. The Morgan fingerprint density at radius 3 is 2.69 bits per heavy atom. The fourth-order valence-corrected chi connectivity index (χ4v) is 3.07. The summed E-state index contributed by atoms with van der Waals surface area (Å²) in [5.74, 6) is 1.42. The fourth-order valence-electron chi connectivity index (χ4n) is 2.85. The second-order valence-electron chi connectivity index (χ2n) is 7.17. The van der Waals surface area contributed by atoms with Crippen LogP contribution in [-0.4, -0.2) is 22.2 Å². The van der Waals surface area contributed by atoms with E-state index in [4.69, 9.17) is 20.9 Å². The monoisotopic (exact) mass is 413 g/mol. The van der Waals surface area contributed by atoms with Crippen molar-refractivity contribution in [2.24, 2.45) is 0 Å². The third-order valence-electron chi connectivity index (χ3n) is 4.46. The van der Waals surface area contributed by atoms with Crippen LogP contribution in [0.4, 0.5) is 0 Å². The Morgan fingerprint density at radius 2 is 1.97 bits per heavy atom. The van der Waals surface area contributed by atoms with Crippen LogP contribution in [0.5, 0.6) is 5.75 Å². The van der Waals surface area contributed by atoms with E-state index in [2.05, 4.69) is 29.3 Å². The van der Waals surface area contributed by atoms with E-state index in [0.717, 1.165) is 16.9 Å². The van der Waals surface area contributed by atoms with Crippen molar-refractivity contribution >= 4 is 17.5 Å². The zero-order valence-corrected chi connectivity index (χ0v) is 17.7. The van der Waals surface area contributed by atoms with Crippen LogP contribution in [0, 0.1) is 6.92 Å². The maximum absolute atomic E-state index is 12.5. The molecule has 1 N–H and O–H groups in total. The molecule has 7 heteroatoms. The van der Waals surface area contributed by atoms with Gasteiger partial charge in [-0.05, 0) is 49.1 Å². The highest BCUT2D eigenvalue weighted by molar-refractivity contribution is 6.33. The van der Waals surface area contributed by atoms with Gasteiger partial charge in [-0.1, -0.05) is 54.9 Å². The number of carbonyl (C=O) groups is 1. The van der Waals surface area contributed by atoms with E-state index >= 15 is 0 Å². The first kappa shape index (κ1) is 20.9. The van der Waals surface area contributed by atoms with Crippen LogP contribution >= 0.6 is 11.6 Å². The van der Waals surface area contributed by atoms with Crippen molar-refractivity contribution in [2.45, 2.75) is 46.3 Å². The number of benzene rings is 2. The summed E-state index contributed by atoms with van der Waals surface area (Å²) in [5, 5.41) is 7.23. The van der Waals surface area contributed by atoms with Crippen molar-refractivity contribution in [2.75, 3.05) is 0 Å². The van der Waals surface area contributed by atoms with E-state index in [-0.39, 0.29) is 12.5 Å². The summed E-state index contributed by atoms with van der Waals surface area (Å²) in [6.07, 6.45) is -0.666. The first-order chi connectivity index (χ1) is 13.8. The Labute approximate surface area is 175 Å². The molecule has 0 saturated heterocycles. The third-order valence-corrected chi connectivity index (χ3v) is 4.79. The van der Waals surface area contributed by atoms with Crippen LogP contribution < -0.4 is 10.1 Å². The first-order valence-electron chi connectivity index (χ1n) is 9.47. The zero-order chi connectivity index (χ0) is 21.0. The number of ether oxygens (including phenoxy) is 1. The average molecular weight is 414 g/mol. The molecule has 0 saturated carbocycles. The highest BCUT2D eigenvalue weighted by atomic mass is 35.5. The molecule has 0 aliphatic rings. The molecule has 6 nitrogen and oxygen atoms in total. The summed E-state index contributed by atoms with van der Waals surface area (Å²) in [6.45, 7) is 8.00. The van der Waals surface area contributed by atoms with Crippen LogP contribution in [0.25, 0.3) is 11.4 Å².